The number of likely N-dealkylation sites (tertiary alicyclic amines) is 1. The van der Waals surface area contributed by atoms with Crippen LogP contribution in [0.25, 0.3) is 10.9 Å². The van der Waals surface area contributed by atoms with E-state index in [2.05, 4.69) is 17.2 Å². The first-order valence-electron chi connectivity index (χ1n) is 12.1. The molecule has 0 N–H and O–H groups in total. The van der Waals surface area contributed by atoms with Gasteiger partial charge in [-0.05, 0) is 49.7 Å². The molecule has 1 unspecified atom stereocenters. The van der Waals surface area contributed by atoms with E-state index in [1.807, 2.05) is 54.4 Å². The molecular weight excluding hydrogens is 414 g/mol. The van der Waals surface area contributed by atoms with Crippen LogP contribution in [-0.4, -0.2) is 52.5 Å². The van der Waals surface area contributed by atoms with E-state index in [4.69, 9.17) is 9.47 Å². The molecule has 2 aliphatic heterocycles. The Labute approximate surface area is 195 Å². The predicted octanol–water partition coefficient (Wildman–Crippen LogP) is 4.58. The maximum Gasteiger partial charge on any atom is 0.275 e. The topological polar surface area (TPSA) is 56.6 Å². The molecule has 0 radical (unpaired) electrons. The molecule has 2 aromatic carbocycles. The highest BCUT2D eigenvalue weighted by Crippen LogP contribution is 2.39. The third-order valence-corrected chi connectivity index (χ3v) is 7.30. The molecule has 6 nitrogen and oxygen atoms in total. The molecule has 174 valence electrons. The molecule has 1 amide bonds. The van der Waals surface area contributed by atoms with Crippen LogP contribution in [0.4, 0.5) is 0 Å². The van der Waals surface area contributed by atoms with Crippen LogP contribution in [0.5, 0.6) is 0 Å². The Balaban J connectivity index is 1.14. The second-order valence-corrected chi connectivity index (χ2v) is 9.50. The van der Waals surface area contributed by atoms with Crippen LogP contribution in [-0.2, 0) is 23.1 Å². The Morgan fingerprint density at radius 3 is 2.70 bits per heavy atom. The van der Waals surface area contributed by atoms with Gasteiger partial charge < -0.3 is 14.4 Å². The molecule has 2 fully saturated rings. The van der Waals surface area contributed by atoms with Gasteiger partial charge in [-0.15, -0.1) is 0 Å². The lowest BCUT2D eigenvalue weighted by molar-refractivity contribution is -0.126. The quantitative estimate of drug-likeness (QED) is 0.519. The minimum absolute atomic E-state index is 0.0309. The SMILES string of the molecule is Cn1nc(C(=O)N2CCC3(CC2)CC(CCOCc2ccccc2)CCO3)c2ccccc21. The minimum Gasteiger partial charge on any atom is -0.377 e. The molecule has 2 saturated heterocycles. The molecule has 1 aromatic heterocycles. The summed E-state index contributed by atoms with van der Waals surface area (Å²) in [4.78, 5) is 15.2. The zero-order valence-electron chi connectivity index (χ0n) is 19.4. The van der Waals surface area contributed by atoms with E-state index in [-0.39, 0.29) is 11.5 Å². The monoisotopic (exact) mass is 447 g/mol. The number of carbonyl (C=O) groups is 1. The van der Waals surface area contributed by atoms with Crippen LogP contribution in [0.2, 0.25) is 0 Å². The number of rotatable bonds is 6. The summed E-state index contributed by atoms with van der Waals surface area (Å²) in [5.41, 5.74) is 2.67. The lowest BCUT2D eigenvalue weighted by Crippen LogP contribution is -2.51. The lowest BCUT2D eigenvalue weighted by atomic mass is 9.78. The summed E-state index contributed by atoms with van der Waals surface area (Å²) < 4.78 is 14.0. The summed E-state index contributed by atoms with van der Waals surface area (Å²) in [6.07, 6.45) is 5.02. The fraction of sp³-hybridized carbons (Fsp3) is 0.481. The van der Waals surface area contributed by atoms with Crippen molar-refractivity contribution in [3.8, 4) is 0 Å². The van der Waals surface area contributed by atoms with Crippen molar-refractivity contribution in [1.82, 2.24) is 14.7 Å². The van der Waals surface area contributed by atoms with Gasteiger partial charge in [-0.25, -0.2) is 0 Å². The van der Waals surface area contributed by atoms with Crippen molar-refractivity contribution in [3.05, 3.63) is 65.9 Å². The van der Waals surface area contributed by atoms with E-state index < -0.39 is 0 Å². The molecule has 0 saturated carbocycles. The Bertz CT molecular complexity index is 1090. The lowest BCUT2D eigenvalue weighted by Gasteiger charge is -2.46. The van der Waals surface area contributed by atoms with Gasteiger partial charge in [-0.3, -0.25) is 9.48 Å². The zero-order valence-corrected chi connectivity index (χ0v) is 19.4. The van der Waals surface area contributed by atoms with E-state index in [1.165, 1.54) is 5.56 Å². The second-order valence-electron chi connectivity index (χ2n) is 9.50. The Morgan fingerprint density at radius 2 is 1.88 bits per heavy atom. The summed E-state index contributed by atoms with van der Waals surface area (Å²) in [5, 5.41) is 5.45. The molecule has 0 aliphatic carbocycles. The fourth-order valence-corrected chi connectivity index (χ4v) is 5.38. The van der Waals surface area contributed by atoms with Crippen molar-refractivity contribution in [2.24, 2.45) is 13.0 Å². The van der Waals surface area contributed by atoms with Gasteiger partial charge in [0.1, 0.15) is 0 Å². The first-order valence-corrected chi connectivity index (χ1v) is 12.1. The van der Waals surface area contributed by atoms with Crippen LogP contribution in [0.15, 0.2) is 54.6 Å². The number of hydrogen-bond acceptors (Lipinski definition) is 4. The highest BCUT2D eigenvalue weighted by molar-refractivity contribution is 6.04. The fourth-order valence-electron chi connectivity index (χ4n) is 5.38. The molecule has 3 aromatic rings. The first-order chi connectivity index (χ1) is 16.1. The average Bonchev–Trinajstić information content (AvgIpc) is 3.19. The maximum absolute atomic E-state index is 13.2. The summed E-state index contributed by atoms with van der Waals surface area (Å²) in [6, 6.07) is 18.3. The number of carbonyl (C=O) groups excluding carboxylic acids is 1. The van der Waals surface area contributed by atoms with E-state index >= 15 is 0 Å². The van der Waals surface area contributed by atoms with Gasteiger partial charge in [0.25, 0.3) is 5.91 Å². The molecule has 1 atom stereocenters. The van der Waals surface area contributed by atoms with E-state index in [0.29, 0.717) is 18.2 Å². The van der Waals surface area contributed by atoms with Crippen LogP contribution in [0, 0.1) is 5.92 Å². The zero-order chi connectivity index (χ0) is 22.7. The number of ether oxygens (including phenoxy) is 2. The molecule has 33 heavy (non-hydrogen) atoms. The van der Waals surface area contributed by atoms with Gasteiger partial charge in [0.05, 0.1) is 17.7 Å². The van der Waals surface area contributed by atoms with Crippen molar-refractivity contribution in [3.63, 3.8) is 0 Å². The number of aromatic nitrogens is 2. The first kappa shape index (κ1) is 22.1. The smallest absolute Gasteiger partial charge is 0.275 e. The van der Waals surface area contributed by atoms with Crippen molar-refractivity contribution >= 4 is 16.8 Å². The molecule has 3 heterocycles. The molecule has 0 bridgehead atoms. The molecule has 5 rings (SSSR count). The van der Waals surface area contributed by atoms with Crippen molar-refractivity contribution in [2.75, 3.05) is 26.3 Å². The van der Waals surface area contributed by atoms with Gasteiger partial charge >= 0.3 is 0 Å². The highest BCUT2D eigenvalue weighted by Gasteiger charge is 2.41. The van der Waals surface area contributed by atoms with E-state index in [1.54, 1.807) is 4.68 Å². The van der Waals surface area contributed by atoms with Crippen LogP contribution in [0.3, 0.4) is 0 Å². The predicted molar refractivity (Wildman–Crippen MR) is 128 cm³/mol. The third kappa shape index (κ3) is 4.82. The normalized spacial score (nSPS) is 20.4. The van der Waals surface area contributed by atoms with Crippen molar-refractivity contribution in [1.29, 1.82) is 0 Å². The maximum atomic E-state index is 13.2. The summed E-state index contributed by atoms with van der Waals surface area (Å²) in [7, 11) is 1.89. The van der Waals surface area contributed by atoms with E-state index in [9.17, 15) is 4.79 Å². The Kier molecular flexibility index (Phi) is 6.47. The molecule has 1 spiro atoms. The molecular formula is C27H33N3O3. The summed E-state index contributed by atoms with van der Waals surface area (Å²) in [5.74, 6) is 0.653. The number of hydrogen-bond donors (Lipinski definition) is 0. The van der Waals surface area contributed by atoms with Gasteiger partial charge in [0.2, 0.25) is 0 Å². The van der Waals surface area contributed by atoms with Gasteiger partial charge in [0.15, 0.2) is 5.69 Å². The standard InChI is InChI=1S/C27H33N3O3/c1-29-24-10-6-5-9-23(24)25(28-29)26(31)30-15-13-27(14-16-30)19-21(12-18-33-27)11-17-32-20-22-7-3-2-4-8-22/h2-10,21H,11-20H2,1H3. The largest absolute Gasteiger partial charge is 0.377 e. The highest BCUT2D eigenvalue weighted by atomic mass is 16.5. The van der Waals surface area contributed by atoms with Crippen LogP contribution in [0.1, 0.15) is 48.2 Å². The Hall–Kier alpha value is -2.70. The second kappa shape index (κ2) is 9.65. The molecule has 6 heteroatoms. The number of para-hydroxylation sites is 1. The third-order valence-electron chi connectivity index (χ3n) is 7.30. The summed E-state index contributed by atoms with van der Waals surface area (Å²) >= 11 is 0. The number of piperidine rings is 1. The van der Waals surface area contributed by atoms with Gasteiger partial charge in [0, 0.05) is 38.7 Å². The number of nitrogens with zero attached hydrogens (tertiary/aromatic N) is 3. The number of fused-ring (bicyclic) bond motifs is 1. The number of amides is 1. The average molecular weight is 448 g/mol. The number of benzene rings is 2. The van der Waals surface area contributed by atoms with E-state index in [0.717, 1.165) is 69.3 Å². The number of aryl methyl sites for hydroxylation is 1. The Morgan fingerprint density at radius 1 is 1.12 bits per heavy atom. The van der Waals surface area contributed by atoms with Crippen LogP contribution >= 0.6 is 0 Å². The van der Waals surface area contributed by atoms with Crippen LogP contribution < -0.4 is 0 Å². The molecule has 2 aliphatic rings. The minimum atomic E-state index is -0.0920. The van der Waals surface area contributed by atoms with Crippen molar-refractivity contribution < 1.29 is 14.3 Å². The van der Waals surface area contributed by atoms with Crippen molar-refractivity contribution in [2.45, 2.75) is 44.3 Å². The van der Waals surface area contributed by atoms with Gasteiger partial charge in [-0.1, -0.05) is 48.5 Å². The van der Waals surface area contributed by atoms with Gasteiger partial charge in [-0.2, -0.15) is 5.10 Å². The summed E-state index contributed by atoms with van der Waals surface area (Å²) in [6.45, 7) is 3.71.